The maximum atomic E-state index is 12.7. The van der Waals surface area contributed by atoms with Gasteiger partial charge in [0.05, 0.1) is 25.8 Å². The Balaban J connectivity index is 1.89. The molecule has 0 aliphatic heterocycles. The van der Waals surface area contributed by atoms with E-state index in [1.54, 1.807) is 18.2 Å². The van der Waals surface area contributed by atoms with Crippen molar-refractivity contribution < 1.29 is 32.2 Å². The van der Waals surface area contributed by atoms with Crippen LogP contribution in [0.15, 0.2) is 42.5 Å². The molecule has 5 nitrogen and oxygen atoms in total. The lowest BCUT2D eigenvalue weighted by atomic mass is 10.2. The van der Waals surface area contributed by atoms with E-state index in [4.69, 9.17) is 14.2 Å². The fourth-order valence-corrected chi connectivity index (χ4v) is 2.28. The van der Waals surface area contributed by atoms with Gasteiger partial charge in [-0.2, -0.15) is 13.2 Å². The van der Waals surface area contributed by atoms with E-state index >= 15 is 0 Å². The highest BCUT2D eigenvalue weighted by Crippen LogP contribution is 2.31. The second-order valence-electron chi connectivity index (χ2n) is 5.43. The standard InChI is InChI=1S/C19H20F3NO4/c1-3-26-17-11-13(7-8-16(17)25-2)18(24)23-9-10-27-15-6-4-5-14(12-15)19(20,21)22/h4-8,11-12H,3,9-10H2,1-2H3,(H,23,24). The quantitative estimate of drug-likeness (QED) is 0.702. The number of ether oxygens (including phenoxy) is 3. The van der Waals surface area contributed by atoms with Gasteiger partial charge in [0, 0.05) is 5.56 Å². The van der Waals surface area contributed by atoms with Crippen LogP contribution < -0.4 is 19.5 Å². The minimum Gasteiger partial charge on any atom is -0.493 e. The summed E-state index contributed by atoms with van der Waals surface area (Å²) in [7, 11) is 1.50. The summed E-state index contributed by atoms with van der Waals surface area (Å²) in [5, 5.41) is 2.64. The molecule has 0 aromatic heterocycles. The average Bonchev–Trinajstić information content (AvgIpc) is 2.65. The third-order valence-corrected chi connectivity index (χ3v) is 3.54. The lowest BCUT2D eigenvalue weighted by Gasteiger charge is -2.12. The van der Waals surface area contributed by atoms with Crippen molar-refractivity contribution in [3.63, 3.8) is 0 Å². The van der Waals surface area contributed by atoms with Gasteiger partial charge in [-0.15, -0.1) is 0 Å². The summed E-state index contributed by atoms with van der Waals surface area (Å²) in [6, 6.07) is 9.35. The summed E-state index contributed by atoms with van der Waals surface area (Å²) >= 11 is 0. The van der Waals surface area contributed by atoms with Crippen LogP contribution >= 0.6 is 0 Å². The second-order valence-corrected chi connectivity index (χ2v) is 5.43. The Morgan fingerprint density at radius 3 is 2.52 bits per heavy atom. The van der Waals surface area contributed by atoms with Crippen molar-refractivity contribution in [2.45, 2.75) is 13.1 Å². The number of benzene rings is 2. The molecule has 146 valence electrons. The van der Waals surface area contributed by atoms with Crippen molar-refractivity contribution in [3.8, 4) is 17.2 Å². The lowest BCUT2D eigenvalue weighted by molar-refractivity contribution is -0.137. The van der Waals surface area contributed by atoms with Gasteiger partial charge in [-0.1, -0.05) is 6.07 Å². The van der Waals surface area contributed by atoms with Gasteiger partial charge < -0.3 is 19.5 Å². The van der Waals surface area contributed by atoms with E-state index in [2.05, 4.69) is 5.32 Å². The van der Waals surface area contributed by atoms with Crippen LogP contribution in [0.25, 0.3) is 0 Å². The van der Waals surface area contributed by atoms with Gasteiger partial charge in [-0.3, -0.25) is 4.79 Å². The van der Waals surface area contributed by atoms with Crippen molar-refractivity contribution in [2.75, 3.05) is 26.9 Å². The van der Waals surface area contributed by atoms with Crippen LogP contribution in [0.4, 0.5) is 13.2 Å². The predicted molar refractivity (Wildman–Crippen MR) is 93.4 cm³/mol. The average molecular weight is 383 g/mol. The number of hydrogen-bond donors (Lipinski definition) is 1. The molecule has 0 aliphatic rings. The molecule has 1 N–H and O–H groups in total. The SMILES string of the molecule is CCOc1cc(C(=O)NCCOc2cccc(C(F)(F)F)c2)ccc1OC. The first-order valence-corrected chi connectivity index (χ1v) is 8.24. The monoisotopic (exact) mass is 383 g/mol. The van der Waals surface area contributed by atoms with E-state index in [9.17, 15) is 18.0 Å². The Labute approximate surface area is 155 Å². The number of methoxy groups -OCH3 is 1. The maximum absolute atomic E-state index is 12.7. The molecular weight excluding hydrogens is 363 g/mol. The van der Waals surface area contributed by atoms with Crippen molar-refractivity contribution in [2.24, 2.45) is 0 Å². The van der Waals surface area contributed by atoms with Gasteiger partial charge in [-0.05, 0) is 43.3 Å². The molecule has 1 amide bonds. The molecule has 2 rings (SSSR count). The molecule has 0 radical (unpaired) electrons. The molecule has 27 heavy (non-hydrogen) atoms. The Bertz CT molecular complexity index is 778. The Hall–Kier alpha value is -2.90. The second kappa shape index (κ2) is 9.16. The fourth-order valence-electron chi connectivity index (χ4n) is 2.28. The van der Waals surface area contributed by atoms with E-state index in [1.165, 1.54) is 19.2 Å². The first-order chi connectivity index (χ1) is 12.8. The summed E-state index contributed by atoms with van der Waals surface area (Å²) in [5.74, 6) is 0.697. The molecule has 0 aliphatic carbocycles. The lowest BCUT2D eigenvalue weighted by Crippen LogP contribution is -2.28. The molecule has 0 unspecified atom stereocenters. The van der Waals surface area contributed by atoms with Crippen molar-refractivity contribution >= 4 is 5.91 Å². The summed E-state index contributed by atoms with van der Waals surface area (Å²) in [5.41, 5.74) is -0.413. The number of nitrogens with one attached hydrogen (secondary N) is 1. The molecule has 0 bridgehead atoms. The largest absolute Gasteiger partial charge is 0.493 e. The van der Waals surface area contributed by atoms with Crippen LogP contribution in [0.3, 0.4) is 0 Å². The highest BCUT2D eigenvalue weighted by atomic mass is 19.4. The summed E-state index contributed by atoms with van der Waals surface area (Å²) in [6.45, 7) is 2.40. The van der Waals surface area contributed by atoms with Gasteiger partial charge in [0.1, 0.15) is 12.4 Å². The molecule has 0 atom stereocenters. The first kappa shape index (κ1) is 20.4. The van der Waals surface area contributed by atoms with E-state index < -0.39 is 11.7 Å². The van der Waals surface area contributed by atoms with Crippen LogP contribution in [-0.4, -0.2) is 32.8 Å². The molecule has 2 aromatic rings. The van der Waals surface area contributed by atoms with Crippen LogP contribution in [-0.2, 0) is 6.18 Å². The maximum Gasteiger partial charge on any atom is 0.416 e. The minimum absolute atomic E-state index is 0.0293. The third-order valence-electron chi connectivity index (χ3n) is 3.54. The Kier molecular flexibility index (Phi) is 6.92. The topological polar surface area (TPSA) is 56.8 Å². The van der Waals surface area contributed by atoms with Crippen LogP contribution in [0.1, 0.15) is 22.8 Å². The normalized spacial score (nSPS) is 11.0. The number of alkyl halides is 3. The van der Waals surface area contributed by atoms with Crippen LogP contribution in [0.5, 0.6) is 17.2 Å². The van der Waals surface area contributed by atoms with E-state index in [0.29, 0.717) is 23.7 Å². The molecule has 0 fully saturated rings. The highest BCUT2D eigenvalue weighted by molar-refractivity contribution is 5.94. The van der Waals surface area contributed by atoms with Crippen molar-refractivity contribution in [1.82, 2.24) is 5.32 Å². The highest BCUT2D eigenvalue weighted by Gasteiger charge is 2.30. The summed E-state index contributed by atoms with van der Waals surface area (Å²) in [4.78, 5) is 12.2. The molecule has 0 saturated carbocycles. The summed E-state index contributed by atoms with van der Waals surface area (Å²) in [6.07, 6.45) is -4.43. The van der Waals surface area contributed by atoms with E-state index in [-0.39, 0.29) is 24.8 Å². The van der Waals surface area contributed by atoms with Gasteiger partial charge in [0.15, 0.2) is 11.5 Å². The number of hydrogen-bond acceptors (Lipinski definition) is 4. The number of rotatable bonds is 8. The van der Waals surface area contributed by atoms with Crippen molar-refractivity contribution in [1.29, 1.82) is 0 Å². The summed E-state index contributed by atoms with van der Waals surface area (Å²) < 4.78 is 53.8. The smallest absolute Gasteiger partial charge is 0.416 e. The number of carbonyl (C=O) groups excluding carboxylic acids is 1. The first-order valence-electron chi connectivity index (χ1n) is 8.24. The molecule has 8 heteroatoms. The van der Waals surface area contributed by atoms with Crippen molar-refractivity contribution in [3.05, 3.63) is 53.6 Å². The Morgan fingerprint density at radius 2 is 1.85 bits per heavy atom. The number of carbonyl (C=O) groups is 1. The molecule has 2 aromatic carbocycles. The zero-order valence-electron chi connectivity index (χ0n) is 14.9. The zero-order chi connectivity index (χ0) is 19.9. The molecule has 0 spiro atoms. The van der Waals surface area contributed by atoms with E-state index in [0.717, 1.165) is 12.1 Å². The van der Waals surface area contributed by atoms with Gasteiger partial charge in [-0.25, -0.2) is 0 Å². The fraction of sp³-hybridized carbons (Fsp3) is 0.316. The number of halogens is 3. The Morgan fingerprint density at radius 1 is 1.07 bits per heavy atom. The van der Waals surface area contributed by atoms with Gasteiger partial charge in [0.2, 0.25) is 0 Å². The van der Waals surface area contributed by atoms with Gasteiger partial charge >= 0.3 is 6.18 Å². The molecular formula is C19H20F3NO4. The minimum atomic E-state index is -4.43. The van der Waals surface area contributed by atoms with E-state index in [1.807, 2.05) is 6.92 Å². The van der Waals surface area contributed by atoms with Crippen LogP contribution in [0.2, 0.25) is 0 Å². The predicted octanol–water partition coefficient (Wildman–Crippen LogP) is 3.92. The molecule has 0 saturated heterocycles. The third kappa shape index (κ3) is 5.80. The number of amides is 1. The zero-order valence-corrected chi connectivity index (χ0v) is 14.9. The van der Waals surface area contributed by atoms with Crippen LogP contribution in [0, 0.1) is 0 Å². The van der Waals surface area contributed by atoms with Gasteiger partial charge in [0.25, 0.3) is 5.91 Å². The molecule has 0 heterocycles.